The number of hydrogen-bond acceptors (Lipinski definition) is 3. The number of unbranched alkanes of at least 4 members (excludes halogenated alkanes) is 1. The van der Waals surface area contributed by atoms with E-state index in [1.807, 2.05) is 36.4 Å². The van der Waals surface area contributed by atoms with Gasteiger partial charge in [-0.1, -0.05) is 36.4 Å². The second kappa shape index (κ2) is 8.42. The lowest BCUT2D eigenvalue weighted by Gasteiger charge is -2.53. The Balaban J connectivity index is 1.38. The third-order valence-corrected chi connectivity index (χ3v) is 6.45. The zero-order valence-electron chi connectivity index (χ0n) is 16.7. The van der Waals surface area contributed by atoms with Crippen LogP contribution in [0, 0.1) is 5.41 Å². The molecule has 0 atom stereocenters. The maximum absolute atomic E-state index is 10.6. The number of fused-ring (bicyclic) bond motifs is 3. The fraction of sp³-hybridized carbons (Fsp3) is 0.400. The van der Waals surface area contributed by atoms with Crippen LogP contribution in [0.3, 0.4) is 0 Å². The third-order valence-electron chi connectivity index (χ3n) is 6.45. The average Bonchev–Trinajstić information content (AvgIpc) is 2.75. The van der Waals surface area contributed by atoms with E-state index in [-0.39, 0.29) is 11.0 Å². The topological polar surface area (TPSA) is 55.8 Å². The summed E-state index contributed by atoms with van der Waals surface area (Å²) in [4.78, 5) is 10.6. The van der Waals surface area contributed by atoms with Crippen LogP contribution < -0.4 is 4.74 Å². The molecule has 5 rings (SSSR count). The molecule has 1 N–H and O–H groups in total. The molecule has 3 fully saturated rings. The van der Waals surface area contributed by atoms with Gasteiger partial charge in [0.05, 0.1) is 12.2 Å². The van der Waals surface area contributed by atoms with Crippen LogP contribution in [0.4, 0.5) is 0 Å². The molecule has 2 aromatic carbocycles. The summed E-state index contributed by atoms with van der Waals surface area (Å²) in [5.74, 6) is 0.815. The predicted molar refractivity (Wildman–Crippen MR) is 112 cm³/mol. The van der Waals surface area contributed by atoms with Crippen LogP contribution >= 0.6 is 0 Å². The van der Waals surface area contributed by atoms with Crippen LogP contribution in [0.5, 0.6) is 11.5 Å². The molecule has 0 amide bonds. The van der Waals surface area contributed by atoms with Crippen LogP contribution in [0.15, 0.2) is 66.7 Å². The summed E-state index contributed by atoms with van der Waals surface area (Å²) in [6, 6.07) is 18.2. The van der Waals surface area contributed by atoms with Crippen molar-refractivity contribution in [1.82, 2.24) is 0 Å². The molecule has 0 radical (unpaired) electrons. The molecular weight excluding hydrogens is 364 g/mol. The fourth-order valence-corrected chi connectivity index (χ4v) is 4.70. The summed E-state index contributed by atoms with van der Waals surface area (Å²) in [6.45, 7) is 0.791. The minimum atomic E-state index is -0.870. The normalized spacial score (nSPS) is 25.9. The van der Waals surface area contributed by atoms with E-state index in [4.69, 9.17) is 14.6 Å². The molecule has 2 heterocycles. The molecule has 4 nitrogen and oxygen atoms in total. The smallest absolute Gasteiger partial charge is 0.327 e. The van der Waals surface area contributed by atoms with E-state index < -0.39 is 5.97 Å². The second-order valence-electron chi connectivity index (χ2n) is 8.36. The Morgan fingerprint density at radius 1 is 1.03 bits per heavy atom. The molecule has 2 bridgehead atoms. The van der Waals surface area contributed by atoms with Crippen molar-refractivity contribution in [2.24, 2.45) is 5.41 Å². The first-order valence-corrected chi connectivity index (χ1v) is 10.5. The SMILES string of the molecule is O=C(O)/C=C/CCCC12CCC(c3cccc(Oc4ccccc4)c3)(CC1)OC2. The van der Waals surface area contributed by atoms with Crippen LogP contribution in [0.25, 0.3) is 0 Å². The molecule has 29 heavy (non-hydrogen) atoms. The van der Waals surface area contributed by atoms with Gasteiger partial charge in [-0.3, -0.25) is 0 Å². The Morgan fingerprint density at radius 2 is 1.79 bits per heavy atom. The van der Waals surface area contributed by atoms with E-state index in [2.05, 4.69) is 18.2 Å². The van der Waals surface area contributed by atoms with Crippen LogP contribution in [0.2, 0.25) is 0 Å². The number of hydrogen-bond donors (Lipinski definition) is 1. The van der Waals surface area contributed by atoms with Gasteiger partial charge in [0.25, 0.3) is 0 Å². The number of benzene rings is 2. The Kier molecular flexibility index (Phi) is 5.72. The molecule has 0 aromatic heterocycles. The summed E-state index contributed by atoms with van der Waals surface area (Å²) in [5.41, 5.74) is 1.28. The maximum atomic E-state index is 10.6. The minimum Gasteiger partial charge on any atom is -0.478 e. The van der Waals surface area contributed by atoms with E-state index in [1.165, 1.54) is 24.5 Å². The van der Waals surface area contributed by atoms with E-state index in [0.29, 0.717) is 0 Å². The van der Waals surface area contributed by atoms with Crippen molar-refractivity contribution in [3.8, 4) is 11.5 Å². The van der Waals surface area contributed by atoms with Gasteiger partial charge in [0.1, 0.15) is 11.5 Å². The summed E-state index contributed by atoms with van der Waals surface area (Å²) in [5, 5.41) is 8.69. The zero-order chi connectivity index (χ0) is 20.2. The molecule has 0 spiro atoms. The van der Waals surface area contributed by atoms with Gasteiger partial charge >= 0.3 is 5.97 Å². The summed E-state index contributed by atoms with van der Waals surface area (Å²) in [6.07, 6.45) is 10.3. The molecule has 3 aliphatic rings. The molecule has 2 aliphatic heterocycles. The lowest BCUT2D eigenvalue weighted by atomic mass is 9.62. The van der Waals surface area contributed by atoms with Gasteiger partial charge in [0.15, 0.2) is 0 Å². The van der Waals surface area contributed by atoms with Crippen molar-refractivity contribution in [1.29, 1.82) is 0 Å². The van der Waals surface area contributed by atoms with Gasteiger partial charge in [0.2, 0.25) is 0 Å². The monoisotopic (exact) mass is 392 g/mol. The molecule has 0 unspecified atom stereocenters. The number of allylic oxidation sites excluding steroid dienone is 1. The third kappa shape index (κ3) is 4.54. The van der Waals surface area contributed by atoms with Crippen molar-refractivity contribution in [3.63, 3.8) is 0 Å². The number of carbonyl (C=O) groups is 1. The fourth-order valence-electron chi connectivity index (χ4n) is 4.70. The van der Waals surface area contributed by atoms with Crippen molar-refractivity contribution in [3.05, 3.63) is 72.3 Å². The minimum absolute atomic E-state index is 0.193. The number of carboxylic acid groups (broad SMARTS) is 1. The van der Waals surface area contributed by atoms with Crippen LogP contribution in [-0.4, -0.2) is 17.7 Å². The molecule has 2 aromatic rings. The molecule has 2 saturated heterocycles. The number of carboxylic acids is 1. The Bertz CT molecular complexity index is 847. The van der Waals surface area contributed by atoms with E-state index in [9.17, 15) is 4.79 Å². The molecule has 1 aliphatic carbocycles. The highest BCUT2D eigenvalue weighted by Gasteiger charge is 2.50. The summed E-state index contributed by atoms with van der Waals surface area (Å²) < 4.78 is 12.5. The van der Waals surface area contributed by atoms with Crippen LogP contribution in [-0.2, 0) is 15.1 Å². The summed E-state index contributed by atoms with van der Waals surface area (Å²) in [7, 11) is 0. The highest BCUT2D eigenvalue weighted by atomic mass is 16.5. The predicted octanol–water partition coefficient (Wildman–Crippen LogP) is 6.08. The van der Waals surface area contributed by atoms with Gasteiger partial charge in [-0.2, -0.15) is 0 Å². The Labute approximate surface area is 172 Å². The molecule has 152 valence electrons. The average molecular weight is 392 g/mol. The quantitative estimate of drug-likeness (QED) is 0.437. The Morgan fingerprint density at radius 3 is 2.48 bits per heavy atom. The molecule has 4 heteroatoms. The number of rotatable bonds is 8. The molecular formula is C25H28O4. The second-order valence-corrected chi connectivity index (χ2v) is 8.36. The van der Waals surface area contributed by atoms with Crippen molar-refractivity contribution in [2.45, 2.75) is 50.5 Å². The largest absolute Gasteiger partial charge is 0.478 e. The highest BCUT2D eigenvalue weighted by Crippen LogP contribution is 2.55. The van der Waals surface area contributed by atoms with E-state index in [1.54, 1.807) is 6.08 Å². The van der Waals surface area contributed by atoms with Gasteiger partial charge in [-0.05, 0) is 80.2 Å². The van der Waals surface area contributed by atoms with Gasteiger partial charge in [0, 0.05) is 6.08 Å². The van der Waals surface area contributed by atoms with Crippen molar-refractivity contribution >= 4 is 5.97 Å². The van der Waals surface area contributed by atoms with Gasteiger partial charge in [-0.15, -0.1) is 0 Å². The zero-order valence-corrected chi connectivity index (χ0v) is 16.7. The highest BCUT2D eigenvalue weighted by molar-refractivity contribution is 5.79. The Hall–Kier alpha value is -2.59. The van der Waals surface area contributed by atoms with Gasteiger partial charge in [-0.25, -0.2) is 4.79 Å². The number of ether oxygens (including phenoxy) is 2. The molecule has 1 saturated carbocycles. The lowest BCUT2D eigenvalue weighted by Crippen LogP contribution is -2.49. The van der Waals surface area contributed by atoms with Gasteiger partial charge < -0.3 is 14.6 Å². The summed E-state index contributed by atoms with van der Waals surface area (Å²) >= 11 is 0. The number of aliphatic carboxylic acids is 1. The first kappa shape index (κ1) is 19.7. The number of para-hydroxylation sites is 1. The van der Waals surface area contributed by atoms with Crippen LogP contribution in [0.1, 0.15) is 50.5 Å². The lowest BCUT2D eigenvalue weighted by molar-refractivity contribution is -0.191. The maximum Gasteiger partial charge on any atom is 0.327 e. The van der Waals surface area contributed by atoms with E-state index in [0.717, 1.165) is 50.2 Å². The van der Waals surface area contributed by atoms with E-state index >= 15 is 0 Å². The first-order chi connectivity index (χ1) is 14.1. The standard InChI is InChI=1S/C25H28O4/c26-23(27)12-5-2-6-13-24-14-16-25(17-15-24,28-19-24)20-8-7-11-22(18-20)29-21-9-3-1-4-10-21/h1,3-5,7-12,18H,2,6,13-17,19H2,(H,26,27)/b12-5+. The van der Waals surface area contributed by atoms with Crippen molar-refractivity contribution in [2.75, 3.05) is 6.61 Å². The first-order valence-electron chi connectivity index (χ1n) is 10.5. The van der Waals surface area contributed by atoms with Crippen molar-refractivity contribution < 1.29 is 19.4 Å².